The van der Waals surface area contributed by atoms with Gasteiger partial charge in [-0.2, -0.15) is 0 Å². The number of thiazole rings is 1. The van der Waals surface area contributed by atoms with E-state index in [2.05, 4.69) is 53.4 Å². The van der Waals surface area contributed by atoms with Crippen LogP contribution in [0.4, 0.5) is 0 Å². The van der Waals surface area contributed by atoms with Crippen molar-refractivity contribution in [2.75, 3.05) is 7.05 Å². The molecule has 0 aliphatic heterocycles. The third kappa shape index (κ3) is 2.96. The zero-order chi connectivity index (χ0) is 14.8. The smallest absolute Gasteiger partial charge is 0.0949 e. The molecule has 2 heterocycles. The molecular formula is C17H19N3S. The largest absolute Gasteiger partial charge is 0.313 e. The van der Waals surface area contributed by atoms with Crippen molar-refractivity contribution in [3.63, 3.8) is 0 Å². The van der Waals surface area contributed by atoms with E-state index in [4.69, 9.17) is 0 Å². The number of likely N-dealkylation sites (N-methyl/N-ethyl adjacent to an activating group) is 1. The van der Waals surface area contributed by atoms with Gasteiger partial charge >= 0.3 is 0 Å². The fourth-order valence-corrected chi connectivity index (χ4v) is 3.48. The maximum absolute atomic E-state index is 4.65. The van der Waals surface area contributed by atoms with E-state index in [1.807, 2.05) is 19.3 Å². The van der Waals surface area contributed by atoms with Gasteiger partial charge in [-0.05, 0) is 44.7 Å². The molecule has 1 atom stereocenters. The Morgan fingerprint density at radius 3 is 2.81 bits per heavy atom. The van der Waals surface area contributed by atoms with Crippen LogP contribution in [0.5, 0.6) is 0 Å². The quantitative estimate of drug-likeness (QED) is 0.795. The number of hydrogen-bond acceptors (Lipinski definition) is 4. The van der Waals surface area contributed by atoms with Crippen LogP contribution in [0.1, 0.15) is 27.2 Å². The Labute approximate surface area is 129 Å². The van der Waals surface area contributed by atoms with Crippen molar-refractivity contribution in [3.8, 4) is 0 Å². The molecule has 1 unspecified atom stereocenters. The molecule has 0 bridgehead atoms. The van der Waals surface area contributed by atoms with E-state index < -0.39 is 0 Å². The highest BCUT2D eigenvalue weighted by molar-refractivity contribution is 7.11. The number of aryl methyl sites for hydroxylation is 2. The molecule has 21 heavy (non-hydrogen) atoms. The second-order valence-corrected chi connectivity index (χ2v) is 6.54. The summed E-state index contributed by atoms with van der Waals surface area (Å²) in [7, 11) is 2.01. The summed E-state index contributed by atoms with van der Waals surface area (Å²) in [5.41, 5.74) is 3.47. The van der Waals surface area contributed by atoms with Gasteiger partial charge in [-0.3, -0.25) is 4.98 Å². The van der Waals surface area contributed by atoms with Crippen LogP contribution in [0.2, 0.25) is 0 Å². The van der Waals surface area contributed by atoms with Crippen molar-refractivity contribution >= 4 is 22.2 Å². The van der Waals surface area contributed by atoms with E-state index in [0.717, 1.165) is 17.6 Å². The number of hydrogen-bond donors (Lipinski definition) is 1. The fourth-order valence-electron chi connectivity index (χ4n) is 2.50. The molecule has 0 saturated heterocycles. The first-order valence-electron chi connectivity index (χ1n) is 7.12. The summed E-state index contributed by atoms with van der Waals surface area (Å²) in [5.74, 6) is 0. The van der Waals surface area contributed by atoms with Gasteiger partial charge in [0, 0.05) is 28.9 Å². The van der Waals surface area contributed by atoms with Crippen LogP contribution in [-0.2, 0) is 6.42 Å². The van der Waals surface area contributed by atoms with Crippen LogP contribution in [0.15, 0.2) is 36.5 Å². The van der Waals surface area contributed by atoms with Crippen molar-refractivity contribution in [1.29, 1.82) is 0 Å². The predicted octanol–water partition coefficient (Wildman–Crippen LogP) is 3.81. The zero-order valence-electron chi connectivity index (χ0n) is 12.6. The topological polar surface area (TPSA) is 37.8 Å². The van der Waals surface area contributed by atoms with Gasteiger partial charge in [0.05, 0.1) is 16.2 Å². The molecule has 0 radical (unpaired) electrons. The average Bonchev–Trinajstić information content (AvgIpc) is 2.82. The summed E-state index contributed by atoms with van der Waals surface area (Å²) in [6.45, 7) is 4.21. The zero-order valence-corrected chi connectivity index (χ0v) is 13.4. The minimum absolute atomic E-state index is 0.277. The lowest BCUT2D eigenvalue weighted by Gasteiger charge is -2.16. The molecule has 0 amide bonds. The molecule has 108 valence electrons. The summed E-state index contributed by atoms with van der Waals surface area (Å²) in [6, 6.07) is 10.8. The summed E-state index contributed by atoms with van der Waals surface area (Å²) in [4.78, 5) is 10.3. The minimum Gasteiger partial charge on any atom is -0.313 e. The second kappa shape index (κ2) is 5.92. The first kappa shape index (κ1) is 14.2. The monoisotopic (exact) mass is 297 g/mol. The summed E-state index contributed by atoms with van der Waals surface area (Å²) in [6.07, 6.45) is 2.75. The van der Waals surface area contributed by atoms with Crippen LogP contribution in [0, 0.1) is 13.8 Å². The van der Waals surface area contributed by atoms with E-state index in [-0.39, 0.29) is 6.04 Å². The van der Waals surface area contributed by atoms with E-state index in [1.54, 1.807) is 11.3 Å². The number of pyridine rings is 1. The van der Waals surface area contributed by atoms with E-state index >= 15 is 0 Å². The fraction of sp³-hybridized carbons (Fsp3) is 0.294. The molecule has 4 heteroatoms. The molecule has 0 fully saturated rings. The maximum Gasteiger partial charge on any atom is 0.0949 e. The van der Waals surface area contributed by atoms with Crippen LogP contribution in [0.3, 0.4) is 0 Å². The number of nitrogens with one attached hydrogen (secondary N) is 1. The Bertz CT molecular complexity index is 744. The third-order valence-corrected chi connectivity index (χ3v) is 4.92. The number of benzene rings is 1. The van der Waals surface area contributed by atoms with E-state index in [1.165, 1.54) is 20.8 Å². The van der Waals surface area contributed by atoms with Crippen molar-refractivity contribution in [2.45, 2.75) is 26.3 Å². The van der Waals surface area contributed by atoms with Crippen LogP contribution >= 0.6 is 11.3 Å². The van der Waals surface area contributed by atoms with Crippen molar-refractivity contribution in [3.05, 3.63) is 57.7 Å². The molecule has 3 nitrogen and oxygen atoms in total. The van der Waals surface area contributed by atoms with Gasteiger partial charge < -0.3 is 5.32 Å². The molecular weight excluding hydrogens is 278 g/mol. The van der Waals surface area contributed by atoms with Crippen molar-refractivity contribution in [1.82, 2.24) is 15.3 Å². The molecule has 0 saturated carbocycles. The maximum atomic E-state index is 4.65. The Balaban J connectivity index is 1.90. The Morgan fingerprint density at radius 1 is 1.24 bits per heavy atom. The lowest BCUT2D eigenvalue weighted by molar-refractivity contribution is 0.590. The molecule has 0 aliphatic carbocycles. The standard InChI is InChI=1S/C17H19N3S/c1-11-12(2)21-17(20-11)10-16(18-3)14-6-7-15-13(9-14)5-4-8-19-15/h4-9,16,18H,10H2,1-3H3. The number of fused-ring (bicyclic) bond motifs is 1. The van der Waals surface area contributed by atoms with Gasteiger partial charge in [0.1, 0.15) is 0 Å². The molecule has 0 spiro atoms. The molecule has 1 aromatic carbocycles. The molecule has 1 N–H and O–H groups in total. The van der Waals surface area contributed by atoms with Gasteiger partial charge in [0.2, 0.25) is 0 Å². The Morgan fingerprint density at radius 2 is 2.10 bits per heavy atom. The van der Waals surface area contributed by atoms with E-state index in [0.29, 0.717) is 0 Å². The van der Waals surface area contributed by atoms with Gasteiger partial charge in [0.15, 0.2) is 0 Å². The Kier molecular flexibility index (Phi) is 3.99. The highest BCUT2D eigenvalue weighted by Crippen LogP contribution is 2.25. The molecule has 0 aliphatic rings. The van der Waals surface area contributed by atoms with Gasteiger partial charge in [-0.25, -0.2) is 4.98 Å². The van der Waals surface area contributed by atoms with Crippen LogP contribution in [-0.4, -0.2) is 17.0 Å². The highest BCUT2D eigenvalue weighted by atomic mass is 32.1. The van der Waals surface area contributed by atoms with Crippen molar-refractivity contribution < 1.29 is 0 Å². The van der Waals surface area contributed by atoms with Crippen LogP contribution < -0.4 is 5.32 Å². The van der Waals surface area contributed by atoms with Crippen molar-refractivity contribution in [2.24, 2.45) is 0 Å². The molecule has 3 aromatic rings. The predicted molar refractivity (Wildman–Crippen MR) is 88.8 cm³/mol. The summed E-state index contributed by atoms with van der Waals surface area (Å²) in [5, 5.41) is 5.78. The third-order valence-electron chi connectivity index (χ3n) is 3.83. The lowest BCUT2D eigenvalue weighted by atomic mass is 10.0. The van der Waals surface area contributed by atoms with Crippen LogP contribution in [0.25, 0.3) is 10.9 Å². The van der Waals surface area contributed by atoms with Gasteiger partial charge in [0.25, 0.3) is 0 Å². The number of aromatic nitrogens is 2. The number of nitrogens with zero attached hydrogens (tertiary/aromatic N) is 2. The first-order valence-corrected chi connectivity index (χ1v) is 7.94. The molecule has 2 aromatic heterocycles. The normalized spacial score (nSPS) is 12.7. The first-order chi connectivity index (χ1) is 10.2. The second-order valence-electron chi connectivity index (χ2n) is 5.25. The number of rotatable bonds is 4. The summed E-state index contributed by atoms with van der Waals surface area (Å²) >= 11 is 1.79. The summed E-state index contributed by atoms with van der Waals surface area (Å²) < 4.78 is 0. The van der Waals surface area contributed by atoms with Gasteiger partial charge in [-0.1, -0.05) is 12.1 Å². The SMILES string of the molecule is CNC(Cc1nc(C)c(C)s1)c1ccc2ncccc2c1. The minimum atomic E-state index is 0.277. The molecule has 3 rings (SSSR count). The van der Waals surface area contributed by atoms with Gasteiger partial charge in [-0.15, -0.1) is 11.3 Å². The lowest BCUT2D eigenvalue weighted by Crippen LogP contribution is -2.18. The van der Waals surface area contributed by atoms with E-state index in [9.17, 15) is 0 Å². The highest BCUT2D eigenvalue weighted by Gasteiger charge is 2.14. The average molecular weight is 297 g/mol. The Hall–Kier alpha value is -1.78.